The van der Waals surface area contributed by atoms with Crippen LogP contribution in [0.2, 0.25) is 5.02 Å². The summed E-state index contributed by atoms with van der Waals surface area (Å²) in [6.07, 6.45) is 4.17. The minimum Gasteiger partial charge on any atom is -0.374 e. The zero-order chi connectivity index (χ0) is 14.7. The number of ether oxygens (including phenoxy) is 1. The molecule has 6 heteroatoms. The van der Waals surface area contributed by atoms with Gasteiger partial charge in [-0.15, -0.1) is 0 Å². The Kier molecular flexibility index (Phi) is 5.43. The predicted molar refractivity (Wildman–Crippen MR) is 80.7 cm³/mol. The third-order valence-electron chi connectivity index (χ3n) is 4.04. The Hall–Kier alpha value is -0.620. The molecule has 2 rings (SSSR count). The number of nitrogens with one attached hydrogen (secondary N) is 1. The van der Waals surface area contributed by atoms with E-state index in [-0.39, 0.29) is 12.1 Å². The summed E-state index contributed by atoms with van der Waals surface area (Å²) in [7, 11) is 0. The summed E-state index contributed by atoms with van der Waals surface area (Å²) < 4.78 is 7.89. The minimum atomic E-state index is 0.0733. The summed E-state index contributed by atoms with van der Waals surface area (Å²) in [6, 6.07) is 0.0733. The van der Waals surface area contributed by atoms with E-state index in [1.807, 2.05) is 4.68 Å². The molecule has 2 heterocycles. The highest BCUT2D eigenvalue weighted by Crippen LogP contribution is 2.27. The molecule has 0 radical (unpaired) electrons. The molecule has 114 valence electrons. The molecular formula is C14H25ClN4O. The Morgan fingerprint density at radius 1 is 1.50 bits per heavy atom. The standard InChI is InChI=1S/C14H25ClN4O/c1-4-10-14(15)12(19(5-2)18-10)8-11(17-16)13-7-6-9(3)20-13/h9,11,13,17H,4-8,16H2,1-3H3. The van der Waals surface area contributed by atoms with Crippen molar-refractivity contribution in [3.05, 3.63) is 16.4 Å². The number of hydrazine groups is 1. The maximum atomic E-state index is 6.45. The van der Waals surface area contributed by atoms with Crippen molar-refractivity contribution in [2.24, 2.45) is 5.84 Å². The van der Waals surface area contributed by atoms with Gasteiger partial charge in [-0.3, -0.25) is 16.0 Å². The van der Waals surface area contributed by atoms with Gasteiger partial charge < -0.3 is 4.74 Å². The van der Waals surface area contributed by atoms with E-state index in [1.54, 1.807) is 0 Å². The lowest BCUT2D eigenvalue weighted by atomic mass is 10.0. The molecule has 0 spiro atoms. The van der Waals surface area contributed by atoms with E-state index < -0.39 is 0 Å². The van der Waals surface area contributed by atoms with Crippen LogP contribution >= 0.6 is 11.6 Å². The molecule has 5 nitrogen and oxygen atoms in total. The maximum absolute atomic E-state index is 6.45. The maximum Gasteiger partial charge on any atom is 0.0850 e. The van der Waals surface area contributed by atoms with Gasteiger partial charge in [-0.05, 0) is 33.1 Å². The Balaban J connectivity index is 2.16. The molecule has 0 amide bonds. The van der Waals surface area contributed by atoms with Gasteiger partial charge in [-0.1, -0.05) is 18.5 Å². The van der Waals surface area contributed by atoms with E-state index in [4.69, 9.17) is 22.2 Å². The Bertz CT molecular complexity index is 449. The van der Waals surface area contributed by atoms with Crippen molar-refractivity contribution in [2.45, 2.75) is 71.2 Å². The monoisotopic (exact) mass is 300 g/mol. The van der Waals surface area contributed by atoms with Crippen LogP contribution in [0.3, 0.4) is 0 Å². The normalized spacial score (nSPS) is 24.2. The number of nitrogens with zero attached hydrogens (tertiary/aromatic N) is 2. The van der Waals surface area contributed by atoms with E-state index >= 15 is 0 Å². The van der Waals surface area contributed by atoms with Gasteiger partial charge in [0.1, 0.15) is 0 Å². The van der Waals surface area contributed by atoms with Crippen molar-refractivity contribution in [3.8, 4) is 0 Å². The van der Waals surface area contributed by atoms with Crippen LogP contribution in [0, 0.1) is 0 Å². The average molecular weight is 301 g/mol. The number of rotatable bonds is 6. The molecule has 1 aromatic heterocycles. The van der Waals surface area contributed by atoms with E-state index in [2.05, 4.69) is 31.3 Å². The predicted octanol–water partition coefficient (Wildman–Crippen LogP) is 2.06. The molecule has 1 fully saturated rings. The second kappa shape index (κ2) is 6.89. The Labute approximate surface area is 125 Å². The highest BCUT2D eigenvalue weighted by Gasteiger charge is 2.30. The van der Waals surface area contributed by atoms with Gasteiger partial charge >= 0.3 is 0 Å². The van der Waals surface area contributed by atoms with Crippen LogP contribution in [0.15, 0.2) is 0 Å². The first kappa shape index (κ1) is 15.8. The summed E-state index contributed by atoms with van der Waals surface area (Å²) in [6.45, 7) is 7.06. The summed E-state index contributed by atoms with van der Waals surface area (Å²) in [4.78, 5) is 0. The van der Waals surface area contributed by atoms with Crippen molar-refractivity contribution in [1.82, 2.24) is 15.2 Å². The average Bonchev–Trinajstić information content (AvgIpc) is 3.00. The van der Waals surface area contributed by atoms with E-state index in [0.29, 0.717) is 6.10 Å². The lowest BCUT2D eigenvalue weighted by molar-refractivity contribution is 0.0316. The molecule has 20 heavy (non-hydrogen) atoms. The quantitative estimate of drug-likeness (QED) is 0.623. The van der Waals surface area contributed by atoms with Crippen molar-refractivity contribution in [2.75, 3.05) is 0 Å². The first-order valence-electron chi connectivity index (χ1n) is 7.46. The fourth-order valence-corrected chi connectivity index (χ4v) is 3.19. The molecule has 0 aromatic carbocycles. The van der Waals surface area contributed by atoms with Gasteiger partial charge in [0.05, 0.1) is 34.7 Å². The largest absolute Gasteiger partial charge is 0.374 e. The number of aryl methyl sites for hydroxylation is 2. The first-order valence-corrected chi connectivity index (χ1v) is 7.84. The van der Waals surface area contributed by atoms with Crippen LogP contribution < -0.4 is 11.3 Å². The first-order chi connectivity index (χ1) is 9.60. The molecule has 1 aliphatic heterocycles. The minimum absolute atomic E-state index is 0.0733. The molecule has 3 atom stereocenters. The van der Waals surface area contributed by atoms with Gasteiger partial charge in [-0.25, -0.2) is 0 Å². The van der Waals surface area contributed by atoms with Crippen molar-refractivity contribution < 1.29 is 4.74 Å². The smallest absolute Gasteiger partial charge is 0.0850 e. The van der Waals surface area contributed by atoms with Gasteiger partial charge in [0, 0.05) is 13.0 Å². The van der Waals surface area contributed by atoms with E-state index in [1.165, 1.54) is 0 Å². The number of hydrogen-bond donors (Lipinski definition) is 2. The topological polar surface area (TPSA) is 65.1 Å². The molecule has 1 saturated heterocycles. The fourth-order valence-electron chi connectivity index (χ4n) is 2.85. The second-order valence-electron chi connectivity index (χ2n) is 5.42. The zero-order valence-corrected chi connectivity index (χ0v) is 13.3. The van der Waals surface area contributed by atoms with Gasteiger partial charge in [0.25, 0.3) is 0 Å². The lowest BCUT2D eigenvalue weighted by Crippen LogP contribution is -2.45. The molecule has 3 unspecified atom stereocenters. The molecule has 0 aliphatic carbocycles. The summed E-state index contributed by atoms with van der Waals surface area (Å²) in [5, 5.41) is 5.33. The van der Waals surface area contributed by atoms with E-state index in [9.17, 15) is 0 Å². The third kappa shape index (κ3) is 3.17. The number of aromatic nitrogens is 2. The van der Waals surface area contributed by atoms with Crippen LogP contribution in [0.5, 0.6) is 0 Å². The molecule has 1 aliphatic rings. The summed E-state index contributed by atoms with van der Waals surface area (Å²) >= 11 is 6.45. The lowest BCUT2D eigenvalue weighted by Gasteiger charge is -2.23. The SMILES string of the molecule is CCc1nn(CC)c(CC(NN)C2CCC(C)O2)c1Cl. The van der Waals surface area contributed by atoms with Crippen molar-refractivity contribution in [1.29, 1.82) is 0 Å². The van der Waals surface area contributed by atoms with Crippen LogP contribution in [0.1, 0.15) is 45.0 Å². The molecule has 0 saturated carbocycles. The number of halogens is 1. The summed E-state index contributed by atoms with van der Waals surface area (Å²) in [5.41, 5.74) is 4.91. The van der Waals surface area contributed by atoms with Gasteiger partial charge in [0.15, 0.2) is 0 Å². The van der Waals surface area contributed by atoms with Crippen LogP contribution in [0.4, 0.5) is 0 Å². The third-order valence-corrected chi connectivity index (χ3v) is 4.47. The van der Waals surface area contributed by atoms with Crippen LogP contribution in [-0.4, -0.2) is 28.0 Å². The summed E-state index contributed by atoms with van der Waals surface area (Å²) in [5.74, 6) is 5.72. The zero-order valence-electron chi connectivity index (χ0n) is 12.5. The Morgan fingerprint density at radius 2 is 2.25 bits per heavy atom. The second-order valence-corrected chi connectivity index (χ2v) is 5.79. The van der Waals surface area contributed by atoms with Gasteiger partial charge in [-0.2, -0.15) is 5.10 Å². The molecular weight excluding hydrogens is 276 g/mol. The highest BCUT2D eigenvalue weighted by atomic mass is 35.5. The van der Waals surface area contributed by atoms with Crippen molar-refractivity contribution in [3.63, 3.8) is 0 Å². The Morgan fingerprint density at radius 3 is 2.75 bits per heavy atom. The number of hydrogen-bond acceptors (Lipinski definition) is 4. The molecule has 0 bridgehead atoms. The van der Waals surface area contributed by atoms with Gasteiger partial charge in [0.2, 0.25) is 0 Å². The van der Waals surface area contributed by atoms with Crippen molar-refractivity contribution >= 4 is 11.6 Å². The fraction of sp³-hybridized carbons (Fsp3) is 0.786. The molecule has 1 aromatic rings. The van der Waals surface area contributed by atoms with Crippen LogP contribution in [-0.2, 0) is 24.1 Å². The van der Waals surface area contributed by atoms with E-state index in [0.717, 1.165) is 48.6 Å². The highest BCUT2D eigenvalue weighted by molar-refractivity contribution is 6.31. The van der Waals surface area contributed by atoms with Crippen LogP contribution in [0.25, 0.3) is 0 Å². The molecule has 3 N–H and O–H groups in total. The number of nitrogens with two attached hydrogens (primary N) is 1.